The van der Waals surface area contributed by atoms with Crippen molar-refractivity contribution in [2.24, 2.45) is 0 Å². The van der Waals surface area contributed by atoms with Crippen molar-refractivity contribution >= 4 is 5.91 Å². The molecule has 6 nitrogen and oxygen atoms in total. The van der Waals surface area contributed by atoms with Crippen molar-refractivity contribution in [3.05, 3.63) is 66.1 Å². The zero-order valence-electron chi connectivity index (χ0n) is 15.8. The minimum absolute atomic E-state index is 0.0220. The first-order valence-corrected chi connectivity index (χ1v) is 8.90. The lowest BCUT2D eigenvalue weighted by Gasteiger charge is -2.25. The van der Waals surface area contributed by atoms with Crippen molar-refractivity contribution in [3.8, 4) is 17.1 Å². The van der Waals surface area contributed by atoms with E-state index in [9.17, 15) is 4.79 Å². The molecule has 0 aliphatic heterocycles. The van der Waals surface area contributed by atoms with Crippen LogP contribution in [-0.2, 0) is 11.3 Å². The summed E-state index contributed by atoms with van der Waals surface area (Å²) < 4.78 is 10.9. The van der Waals surface area contributed by atoms with E-state index in [1.54, 1.807) is 4.90 Å². The number of carbonyl (C=O) groups excluding carboxylic acids is 1. The van der Waals surface area contributed by atoms with Crippen LogP contribution in [0.4, 0.5) is 0 Å². The molecular formula is C21H23N3O3. The smallest absolute Gasteiger partial charge is 0.261 e. The van der Waals surface area contributed by atoms with Crippen molar-refractivity contribution in [1.29, 1.82) is 0 Å². The molecule has 0 saturated heterocycles. The lowest BCUT2D eigenvalue weighted by molar-refractivity contribution is -0.136. The SMILES string of the molecule is Cc1cccc(-c2noc(CN(C(=O)COc3ccccc3)C(C)C)n2)c1. The molecule has 27 heavy (non-hydrogen) atoms. The molecule has 0 unspecified atom stereocenters. The molecule has 6 heteroatoms. The molecule has 0 aliphatic carbocycles. The summed E-state index contributed by atoms with van der Waals surface area (Å²) in [5.41, 5.74) is 2.01. The summed E-state index contributed by atoms with van der Waals surface area (Å²) in [6.07, 6.45) is 0. The molecule has 1 heterocycles. The third kappa shape index (κ3) is 4.94. The Morgan fingerprint density at radius 3 is 2.63 bits per heavy atom. The minimum Gasteiger partial charge on any atom is -0.484 e. The van der Waals surface area contributed by atoms with Crippen LogP contribution < -0.4 is 4.74 Å². The van der Waals surface area contributed by atoms with Crippen LogP contribution in [0, 0.1) is 6.92 Å². The van der Waals surface area contributed by atoms with Gasteiger partial charge in [-0.2, -0.15) is 4.98 Å². The second-order valence-electron chi connectivity index (χ2n) is 6.60. The number of hydrogen-bond donors (Lipinski definition) is 0. The third-order valence-corrected chi connectivity index (χ3v) is 4.10. The Morgan fingerprint density at radius 1 is 1.15 bits per heavy atom. The maximum atomic E-state index is 12.6. The van der Waals surface area contributed by atoms with E-state index in [1.165, 1.54) is 0 Å². The van der Waals surface area contributed by atoms with Gasteiger partial charge in [-0.3, -0.25) is 4.79 Å². The standard InChI is InChI=1S/C21H23N3O3/c1-15(2)24(20(25)14-26-18-10-5-4-6-11-18)13-19-22-21(23-27-19)17-9-7-8-16(3)12-17/h4-12,15H,13-14H2,1-3H3. The number of ether oxygens (including phenoxy) is 1. The van der Waals surface area contributed by atoms with E-state index in [2.05, 4.69) is 10.1 Å². The Hall–Kier alpha value is -3.15. The van der Waals surface area contributed by atoms with Gasteiger partial charge in [0.15, 0.2) is 6.61 Å². The van der Waals surface area contributed by atoms with E-state index in [-0.39, 0.29) is 25.1 Å². The van der Waals surface area contributed by atoms with Gasteiger partial charge < -0.3 is 14.2 Å². The first-order valence-electron chi connectivity index (χ1n) is 8.90. The second kappa shape index (κ2) is 8.49. The fraction of sp³-hybridized carbons (Fsp3) is 0.286. The van der Waals surface area contributed by atoms with Crippen LogP contribution in [0.3, 0.4) is 0 Å². The highest BCUT2D eigenvalue weighted by atomic mass is 16.5. The summed E-state index contributed by atoms with van der Waals surface area (Å²) in [5, 5.41) is 4.04. The van der Waals surface area contributed by atoms with Crippen LogP contribution in [-0.4, -0.2) is 33.6 Å². The average Bonchev–Trinajstić information content (AvgIpc) is 3.13. The molecule has 140 valence electrons. The van der Waals surface area contributed by atoms with Crippen molar-refractivity contribution in [2.45, 2.75) is 33.4 Å². The molecule has 2 aromatic carbocycles. The molecule has 0 bridgehead atoms. The zero-order chi connectivity index (χ0) is 19.2. The Kier molecular flexibility index (Phi) is 5.86. The Bertz CT molecular complexity index is 890. The van der Waals surface area contributed by atoms with Gasteiger partial charge in [0, 0.05) is 11.6 Å². The van der Waals surface area contributed by atoms with Gasteiger partial charge in [-0.1, -0.05) is 47.1 Å². The highest BCUT2D eigenvalue weighted by Crippen LogP contribution is 2.18. The second-order valence-corrected chi connectivity index (χ2v) is 6.60. The number of benzene rings is 2. The summed E-state index contributed by atoms with van der Waals surface area (Å²) in [6.45, 7) is 6.10. The van der Waals surface area contributed by atoms with Crippen LogP contribution in [0.5, 0.6) is 5.75 Å². The van der Waals surface area contributed by atoms with Gasteiger partial charge >= 0.3 is 0 Å². The maximum absolute atomic E-state index is 12.6. The zero-order valence-corrected chi connectivity index (χ0v) is 15.8. The van der Waals surface area contributed by atoms with Crippen molar-refractivity contribution in [1.82, 2.24) is 15.0 Å². The minimum atomic E-state index is -0.135. The van der Waals surface area contributed by atoms with Gasteiger partial charge in [-0.05, 0) is 39.0 Å². The average molecular weight is 365 g/mol. The number of hydrogen-bond acceptors (Lipinski definition) is 5. The molecule has 3 rings (SSSR count). The lowest BCUT2D eigenvalue weighted by atomic mass is 10.1. The van der Waals surface area contributed by atoms with E-state index in [0.717, 1.165) is 11.1 Å². The van der Waals surface area contributed by atoms with Gasteiger partial charge in [0.25, 0.3) is 5.91 Å². The fourth-order valence-electron chi connectivity index (χ4n) is 2.67. The third-order valence-electron chi connectivity index (χ3n) is 4.10. The summed E-state index contributed by atoms with van der Waals surface area (Å²) in [4.78, 5) is 18.7. The Balaban J connectivity index is 1.66. The molecule has 0 aliphatic rings. The number of amides is 1. The normalized spacial score (nSPS) is 10.8. The van der Waals surface area contributed by atoms with E-state index < -0.39 is 0 Å². The number of rotatable bonds is 7. The van der Waals surface area contributed by atoms with E-state index in [1.807, 2.05) is 75.4 Å². The molecule has 0 spiro atoms. The number of nitrogens with zero attached hydrogens (tertiary/aromatic N) is 3. The quantitative estimate of drug-likeness (QED) is 0.636. The highest BCUT2D eigenvalue weighted by Gasteiger charge is 2.21. The first kappa shape index (κ1) is 18.6. The summed E-state index contributed by atoms with van der Waals surface area (Å²) in [5.74, 6) is 1.44. The van der Waals surface area contributed by atoms with Gasteiger partial charge in [0.05, 0.1) is 0 Å². The van der Waals surface area contributed by atoms with Gasteiger partial charge in [0.2, 0.25) is 11.7 Å². The van der Waals surface area contributed by atoms with Crippen molar-refractivity contribution in [3.63, 3.8) is 0 Å². The molecule has 1 aromatic heterocycles. The van der Waals surface area contributed by atoms with Crippen LogP contribution >= 0.6 is 0 Å². The Labute approximate surface area is 158 Å². The molecule has 0 fully saturated rings. The highest BCUT2D eigenvalue weighted by molar-refractivity contribution is 5.78. The number of carbonyl (C=O) groups is 1. The van der Waals surface area contributed by atoms with Crippen LogP contribution in [0.15, 0.2) is 59.1 Å². The van der Waals surface area contributed by atoms with Crippen molar-refractivity contribution < 1.29 is 14.1 Å². The molecule has 0 radical (unpaired) electrons. The summed E-state index contributed by atoms with van der Waals surface area (Å²) in [7, 11) is 0. The molecule has 0 N–H and O–H groups in total. The first-order chi connectivity index (χ1) is 13.0. The molecule has 0 atom stereocenters. The predicted octanol–water partition coefficient (Wildman–Crippen LogP) is 3.86. The monoisotopic (exact) mass is 365 g/mol. The summed E-state index contributed by atoms with van der Waals surface area (Å²) in [6, 6.07) is 17.1. The fourth-order valence-corrected chi connectivity index (χ4v) is 2.67. The van der Waals surface area contributed by atoms with E-state index in [0.29, 0.717) is 17.5 Å². The number of para-hydroxylation sites is 1. The Morgan fingerprint density at radius 2 is 1.93 bits per heavy atom. The van der Waals surface area contributed by atoms with E-state index in [4.69, 9.17) is 9.26 Å². The van der Waals surface area contributed by atoms with Gasteiger partial charge in [-0.15, -0.1) is 0 Å². The molecule has 1 amide bonds. The molecular weight excluding hydrogens is 342 g/mol. The van der Waals surface area contributed by atoms with Crippen LogP contribution in [0.2, 0.25) is 0 Å². The topological polar surface area (TPSA) is 68.5 Å². The molecule has 3 aromatic rings. The van der Waals surface area contributed by atoms with Gasteiger partial charge in [-0.25, -0.2) is 0 Å². The largest absolute Gasteiger partial charge is 0.484 e. The van der Waals surface area contributed by atoms with E-state index >= 15 is 0 Å². The van der Waals surface area contributed by atoms with Crippen LogP contribution in [0.25, 0.3) is 11.4 Å². The van der Waals surface area contributed by atoms with Crippen LogP contribution in [0.1, 0.15) is 25.3 Å². The van der Waals surface area contributed by atoms with Gasteiger partial charge in [0.1, 0.15) is 12.3 Å². The maximum Gasteiger partial charge on any atom is 0.261 e. The molecule has 0 saturated carbocycles. The number of aromatic nitrogens is 2. The lowest BCUT2D eigenvalue weighted by Crippen LogP contribution is -2.39. The predicted molar refractivity (Wildman–Crippen MR) is 102 cm³/mol. The number of aryl methyl sites for hydroxylation is 1. The summed E-state index contributed by atoms with van der Waals surface area (Å²) >= 11 is 0. The van der Waals surface area contributed by atoms with Crippen molar-refractivity contribution in [2.75, 3.05) is 6.61 Å².